The Bertz CT molecular complexity index is 1620. The van der Waals surface area contributed by atoms with Gasteiger partial charge in [-0.25, -0.2) is 4.79 Å². The first kappa shape index (κ1) is 24.0. The molecule has 1 atom stereocenters. The molecule has 0 saturated carbocycles. The fourth-order valence-corrected chi connectivity index (χ4v) is 4.15. The molecule has 0 unspecified atom stereocenters. The lowest BCUT2D eigenvalue weighted by molar-refractivity contribution is -0.137. The van der Waals surface area contributed by atoms with Crippen LogP contribution in [0.1, 0.15) is 50.4 Å². The van der Waals surface area contributed by atoms with Gasteiger partial charge in [0.2, 0.25) is 0 Å². The van der Waals surface area contributed by atoms with Crippen LogP contribution in [0, 0.1) is 0 Å². The number of amides is 1. The average molecular weight is 508 g/mol. The van der Waals surface area contributed by atoms with Crippen molar-refractivity contribution in [2.75, 3.05) is 0 Å². The smallest absolute Gasteiger partial charge is 0.416 e. The minimum absolute atomic E-state index is 0.119. The fourth-order valence-electron chi connectivity index (χ4n) is 4.15. The highest BCUT2D eigenvalue weighted by Gasteiger charge is 2.30. The minimum atomic E-state index is -4.44. The quantitative estimate of drug-likeness (QED) is 0.316. The third-order valence-electron chi connectivity index (χ3n) is 6.10. The van der Waals surface area contributed by atoms with E-state index in [4.69, 9.17) is 9.63 Å². The number of carbonyl (C=O) groups excluding carboxylic acids is 1. The zero-order chi connectivity index (χ0) is 26.3. The van der Waals surface area contributed by atoms with Crippen LogP contribution < -0.4 is 5.32 Å². The molecule has 37 heavy (non-hydrogen) atoms. The Morgan fingerprint density at radius 2 is 1.78 bits per heavy atom. The molecule has 0 aliphatic heterocycles. The maximum Gasteiger partial charge on any atom is 0.416 e. The second-order valence-electron chi connectivity index (χ2n) is 8.55. The summed E-state index contributed by atoms with van der Waals surface area (Å²) in [4.78, 5) is 24.5. The van der Waals surface area contributed by atoms with Gasteiger partial charge in [0, 0.05) is 5.39 Å². The number of benzene rings is 3. The number of carboxylic acids is 1. The molecule has 11 heteroatoms. The molecule has 5 aromatic rings. The van der Waals surface area contributed by atoms with Crippen molar-refractivity contribution in [3.8, 4) is 0 Å². The number of nitrogens with one attached hydrogen (secondary N) is 1. The number of aromatic nitrogens is 3. The number of hydrogen-bond acceptors (Lipinski definition) is 5. The van der Waals surface area contributed by atoms with Gasteiger partial charge in [0.05, 0.1) is 52.6 Å². The lowest BCUT2D eigenvalue weighted by Gasteiger charge is -2.16. The Kier molecular flexibility index (Phi) is 5.90. The summed E-state index contributed by atoms with van der Waals surface area (Å²) >= 11 is 0. The van der Waals surface area contributed by atoms with Crippen molar-refractivity contribution < 1.29 is 32.4 Å². The van der Waals surface area contributed by atoms with Crippen LogP contribution in [0.4, 0.5) is 13.2 Å². The zero-order valence-corrected chi connectivity index (χ0v) is 19.3. The highest BCUT2D eigenvalue weighted by molar-refractivity contribution is 6.14. The molecule has 0 aliphatic rings. The monoisotopic (exact) mass is 508 g/mol. The number of aromatic carboxylic acids is 1. The first-order valence-electron chi connectivity index (χ1n) is 11.1. The summed E-state index contributed by atoms with van der Waals surface area (Å²) in [6.07, 6.45) is -1.44. The van der Waals surface area contributed by atoms with Crippen molar-refractivity contribution in [2.24, 2.45) is 0 Å². The SMILES string of the molecule is C[C@H](NC(=O)c1cc2cnoc2c2cnn(Cc3ccc(C(F)(F)F)cc3)c12)c1ccc(C(=O)O)cc1. The molecule has 188 valence electrons. The predicted molar refractivity (Wildman–Crippen MR) is 127 cm³/mol. The van der Waals surface area contributed by atoms with Crippen molar-refractivity contribution >= 4 is 33.7 Å². The fraction of sp³-hybridized carbons (Fsp3) is 0.154. The molecule has 0 aliphatic carbocycles. The topological polar surface area (TPSA) is 110 Å². The molecule has 0 bridgehead atoms. The summed E-state index contributed by atoms with van der Waals surface area (Å²) in [5, 5.41) is 21.3. The Morgan fingerprint density at radius 3 is 2.43 bits per heavy atom. The molecular formula is C26H19F3N4O4. The van der Waals surface area contributed by atoms with E-state index in [-0.39, 0.29) is 17.7 Å². The molecule has 0 spiro atoms. The van der Waals surface area contributed by atoms with E-state index in [1.54, 1.807) is 25.1 Å². The van der Waals surface area contributed by atoms with E-state index in [0.29, 0.717) is 33.0 Å². The number of halogens is 3. The van der Waals surface area contributed by atoms with Gasteiger partial charge in [-0.2, -0.15) is 18.3 Å². The Hall–Kier alpha value is -4.67. The van der Waals surface area contributed by atoms with Gasteiger partial charge < -0.3 is 14.9 Å². The third-order valence-corrected chi connectivity index (χ3v) is 6.10. The molecular weight excluding hydrogens is 489 g/mol. The van der Waals surface area contributed by atoms with Crippen molar-refractivity contribution in [1.82, 2.24) is 20.3 Å². The van der Waals surface area contributed by atoms with Crippen LogP contribution >= 0.6 is 0 Å². The molecule has 2 N–H and O–H groups in total. The summed E-state index contributed by atoms with van der Waals surface area (Å²) in [6.45, 7) is 1.88. The number of carboxylic acid groups (broad SMARTS) is 1. The van der Waals surface area contributed by atoms with Crippen LogP contribution in [0.3, 0.4) is 0 Å². The first-order valence-corrected chi connectivity index (χ1v) is 11.1. The molecule has 0 radical (unpaired) electrons. The number of nitrogens with zero attached hydrogens (tertiary/aromatic N) is 3. The van der Waals surface area contributed by atoms with Crippen LogP contribution in [0.15, 0.2) is 71.5 Å². The normalized spacial score (nSPS) is 12.6. The van der Waals surface area contributed by atoms with E-state index in [0.717, 1.165) is 12.1 Å². The number of fused-ring (bicyclic) bond motifs is 3. The van der Waals surface area contributed by atoms with E-state index in [9.17, 15) is 22.8 Å². The maximum absolute atomic E-state index is 13.4. The lowest BCUT2D eigenvalue weighted by Crippen LogP contribution is -2.27. The van der Waals surface area contributed by atoms with Crippen molar-refractivity contribution in [3.05, 3.63) is 94.8 Å². The van der Waals surface area contributed by atoms with Crippen molar-refractivity contribution in [2.45, 2.75) is 25.7 Å². The molecule has 3 aromatic carbocycles. The summed E-state index contributed by atoms with van der Waals surface area (Å²) in [5.41, 5.74) is 1.80. The van der Waals surface area contributed by atoms with Crippen LogP contribution in [-0.2, 0) is 12.7 Å². The van der Waals surface area contributed by atoms with Crippen LogP contribution in [0.2, 0.25) is 0 Å². The van der Waals surface area contributed by atoms with Gasteiger partial charge in [-0.05, 0) is 48.4 Å². The standard InChI is InChI=1S/C26H19F3N4O4/c1-14(16-4-6-17(7-5-16)25(35)36)32-24(34)20-10-18-11-31-37-23(18)21-12-30-33(22(20)21)13-15-2-8-19(9-3-15)26(27,28)29/h2-12,14H,13H2,1H3,(H,32,34)(H,35,36)/t14-/m0/s1. The van der Waals surface area contributed by atoms with Crippen molar-refractivity contribution in [1.29, 1.82) is 0 Å². The summed E-state index contributed by atoms with van der Waals surface area (Å²) in [5.74, 6) is -1.47. The first-order chi connectivity index (χ1) is 17.6. The van der Waals surface area contributed by atoms with Gasteiger partial charge in [-0.1, -0.05) is 29.4 Å². The Labute approximate surface area is 207 Å². The molecule has 0 saturated heterocycles. The second-order valence-corrected chi connectivity index (χ2v) is 8.55. The highest BCUT2D eigenvalue weighted by atomic mass is 19.4. The summed E-state index contributed by atoms with van der Waals surface area (Å²) < 4.78 is 45.7. The van der Waals surface area contributed by atoms with Gasteiger partial charge in [0.25, 0.3) is 5.91 Å². The number of alkyl halides is 3. The molecule has 5 rings (SSSR count). The average Bonchev–Trinajstić information content (AvgIpc) is 3.50. The van der Waals surface area contributed by atoms with Gasteiger partial charge in [0.1, 0.15) is 0 Å². The van der Waals surface area contributed by atoms with Crippen molar-refractivity contribution in [3.63, 3.8) is 0 Å². The molecule has 2 aromatic heterocycles. The summed E-state index contributed by atoms with van der Waals surface area (Å²) in [7, 11) is 0. The number of carbonyl (C=O) groups is 2. The van der Waals surface area contributed by atoms with Gasteiger partial charge in [-0.3, -0.25) is 9.48 Å². The number of rotatable bonds is 6. The van der Waals surface area contributed by atoms with E-state index >= 15 is 0 Å². The molecule has 8 nitrogen and oxygen atoms in total. The van der Waals surface area contributed by atoms with Gasteiger partial charge in [-0.15, -0.1) is 0 Å². The summed E-state index contributed by atoms with van der Waals surface area (Å²) in [6, 6.07) is 12.1. The maximum atomic E-state index is 13.4. The predicted octanol–water partition coefficient (Wildman–Crippen LogP) is 5.43. The van der Waals surface area contributed by atoms with E-state index in [1.807, 2.05) is 0 Å². The lowest BCUT2D eigenvalue weighted by atomic mass is 10.0. The Morgan fingerprint density at radius 1 is 1.08 bits per heavy atom. The van der Waals surface area contributed by atoms with Crippen LogP contribution in [-0.4, -0.2) is 31.9 Å². The van der Waals surface area contributed by atoms with Crippen LogP contribution in [0.25, 0.3) is 21.9 Å². The van der Waals surface area contributed by atoms with E-state index in [1.165, 1.54) is 41.3 Å². The van der Waals surface area contributed by atoms with Crippen LogP contribution in [0.5, 0.6) is 0 Å². The van der Waals surface area contributed by atoms with E-state index < -0.39 is 29.7 Å². The Balaban J connectivity index is 1.49. The highest BCUT2D eigenvalue weighted by Crippen LogP contribution is 2.31. The number of hydrogen-bond donors (Lipinski definition) is 2. The minimum Gasteiger partial charge on any atom is -0.478 e. The molecule has 0 fully saturated rings. The third kappa shape index (κ3) is 4.63. The van der Waals surface area contributed by atoms with E-state index in [2.05, 4.69) is 15.6 Å². The second kappa shape index (κ2) is 9.08. The molecule has 1 amide bonds. The van der Waals surface area contributed by atoms with Gasteiger partial charge in [0.15, 0.2) is 5.58 Å². The zero-order valence-electron chi connectivity index (χ0n) is 19.3. The van der Waals surface area contributed by atoms with Gasteiger partial charge >= 0.3 is 12.1 Å². The molecule has 2 heterocycles. The largest absolute Gasteiger partial charge is 0.478 e.